The highest BCUT2D eigenvalue weighted by Gasteiger charge is 2.16. The van der Waals surface area contributed by atoms with Crippen molar-refractivity contribution in [1.29, 1.82) is 0 Å². The second-order valence-electron chi connectivity index (χ2n) is 10.7. The lowest BCUT2D eigenvalue weighted by Crippen LogP contribution is -2.10. The van der Waals surface area contributed by atoms with Gasteiger partial charge in [-0.05, 0) is 108 Å². The summed E-state index contributed by atoms with van der Waals surface area (Å²) in [5.41, 5.74) is 8.85. The Kier molecular flexibility index (Phi) is 12.2. The van der Waals surface area contributed by atoms with Crippen molar-refractivity contribution >= 4 is 46.8 Å². The molecule has 240 valence electrons. The number of hydrogen-bond acceptors (Lipinski definition) is 6. The molecule has 0 radical (unpaired) electrons. The standard InChI is InChI=1S/C40H38O4S3/c1-5-43-38(26-47-36-20-21-37(27(2)22-36)44-25-39(41)42)40(30-16-12-28(13-17-30)32-8-6-10-34(23-32)45-3)31-18-14-29(15-19-31)33-9-7-11-35(24-33)46-4/h6-24H,5,25-26H2,1-4H3,(H,41,42). The molecule has 0 amide bonds. The minimum atomic E-state index is -0.995. The van der Waals surface area contributed by atoms with Crippen molar-refractivity contribution in [2.75, 3.05) is 31.5 Å². The van der Waals surface area contributed by atoms with Crippen molar-refractivity contribution in [2.24, 2.45) is 0 Å². The van der Waals surface area contributed by atoms with Gasteiger partial charge in [0.2, 0.25) is 0 Å². The zero-order valence-corrected chi connectivity index (χ0v) is 29.4. The second kappa shape index (κ2) is 16.7. The average molecular weight is 679 g/mol. The van der Waals surface area contributed by atoms with Gasteiger partial charge in [-0.1, -0.05) is 72.8 Å². The van der Waals surface area contributed by atoms with Crippen molar-refractivity contribution in [3.63, 3.8) is 0 Å². The predicted molar refractivity (Wildman–Crippen MR) is 200 cm³/mol. The number of ether oxygens (including phenoxy) is 2. The molecule has 4 nitrogen and oxygen atoms in total. The van der Waals surface area contributed by atoms with Crippen LogP contribution < -0.4 is 4.74 Å². The molecule has 0 bridgehead atoms. The van der Waals surface area contributed by atoms with Gasteiger partial charge in [0, 0.05) is 20.3 Å². The number of carboxylic acids is 1. The predicted octanol–water partition coefficient (Wildman–Crippen LogP) is 10.8. The van der Waals surface area contributed by atoms with Crippen LogP contribution >= 0.6 is 35.3 Å². The lowest BCUT2D eigenvalue weighted by atomic mass is 9.93. The van der Waals surface area contributed by atoms with E-state index in [1.165, 1.54) is 32.0 Å². The largest absolute Gasteiger partial charge is 0.497 e. The molecule has 0 saturated heterocycles. The molecule has 0 aromatic heterocycles. The topological polar surface area (TPSA) is 55.8 Å². The SMILES string of the molecule is CCOC(CSc1ccc(OCC(=O)O)c(C)c1)=C(c1ccc(-c2cccc(SC)c2)cc1)c1ccc(-c2cccc(SC)c2)cc1. The third-order valence-electron chi connectivity index (χ3n) is 7.62. The van der Waals surface area contributed by atoms with Crippen LogP contribution in [0.4, 0.5) is 0 Å². The van der Waals surface area contributed by atoms with Gasteiger partial charge < -0.3 is 14.6 Å². The van der Waals surface area contributed by atoms with E-state index in [0.717, 1.165) is 32.9 Å². The van der Waals surface area contributed by atoms with Crippen LogP contribution in [-0.4, -0.2) is 42.6 Å². The molecule has 1 N–H and O–H groups in total. The fourth-order valence-electron chi connectivity index (χ4n) is 5.27. The van der Waals surface area contributed by atoms with Crippen LogP contribution in [0.2, 0.25) is 0 Å². The molecule has 5 rings (SSSR count). The Balaban J connectivity index is 1.51. The Morgan fingerprint density at radius 1 is 0.681 bits per heavy atom. The average Bonchev–Trinajstić information content (AvgIpc) is 3.11. The number of carboxylic acid groups (broad SMARTS) is 1. The lowest BCUT2D eigenvalue weighted by molar-refractivity contribution is -0.139. The number of thioether (sulfide) groups is 3. The van der Waals surface area contributed by atoms with Gasteiger partial charge in [0.15, 0.2) is 6.61 Å². The Bertz CT molecular complexity index is 1750. The molecule has 0 aliphatic heterocycles. The first-order valence-corrected chi connectivity index (χ1v) is 18.8. The highest BCUT2D eigenvalue weighted by molar-refractivity contribution is 7.99. The minimum absolute atomic E-state index is 0.364. The molecule has 47 heavy (non-hydrogen) atoms. The molecular formula is C40H38O4S3. The summed E-state index contributed by atoms with van der Waals surface area (Å²) in [6, 6.07) is 40.6. The quantitative estimate of drug-likeness (QED) is 0.0926. The van der Waals surface area contributed by atoms with Crippen LogP contribution in [0.1, 0.15) is 23.6 Å². The van der Waals surface area contributed by atoms with Crippen LogP contribution in [0.25, 0.3) is 27.8 Å². The molecule has 0 spiro atoms. The molecule has 5 aromatic carbocycles. The molecule has 0 fully saturated rings. The number of rotatable bonds is 14. The molecular weight excluding hydrogens is 641 g/mol. The highest BCUT2D eigenvalue weighted by atomic mass is 32.2. The summed E-state index contributed by atoms with van der Waals surface area (Å²) in [4.78, 5) is 14.5. The van der Waals surface area contributed by atoms with E-state index >= 15 is 0 Å². The van der Waals surface area contributed by atoms with Crippen LogP contribution in [-0.2, 0) is 9.53 Å². The van der Waals surface area contributed by atoms with Gasteiger partial charge in [-0.25, -0.2) is 4.79 Å². The van der Waals surface area contributed by atoms with E-state index in [9.17, 15) is 4.79 Å². The maximum atomic E-state index is 11.0. The van der Waals surface area contributed by atoms with Crippen LogP contribution in [0.15, 0.2) is 136 Å². The molecule has 0 aliphatic carbocycles. The number of carbonyl (C=O) groups is 1. The third kappa shape index (κ3) is 9.07. The van der Waals surface area contributed by atoms with Gasteiger partial charge in [-0.15, -0.1) is 35.3 Å². The van der Waals surface area contributed by atoms with E-state index in [2.05, 4.69) is 110 Å². The molecule has 0 unspecified atom stereocenters. The van der Waals surface area contributed by atoms with Gasteiger partial charge in [0.25, 0.3) is 0 Å². The molecule has 0 saturated carbocycles. The van der Waals surface area contributed by atoms with Crippen molar-refractivity contribution < 1.29 is 19.4 Å². The number of aryl methyl sites for hydroxylation is 1. The maximum absolute atomic E-state index is 11.0. The van der Waals surface area contributed by atoms with E-state index in [4.69, 9.17) is 14.6 Å². The lowest BCUT2D eigenvalue weighted by Gasteiger charge is -2.18. The fourth-order valence-corrected chi connectivity index (χ4v) is 7.14. The summed E-state index contributed by atoms with van der Waals surface area (Å²) in [6.45, 7) is 4.13. The Morgan fingerprint density at radius 2 is 1.23 bits per heavy atom. The first kappa shape index (κ1) is 34.3. The fraction of sp³-hybridized carbons (Fsp3) is 0.175. The second-order valence-corrected chi connectivity index (χ2v) is 13.6. The third-order valence-corrected chi connectivity index (χ3v) is 10.1. The molecule has 5 aromatic rings. The number of hydrogen-bond donors (Lipinski definition) is 1. The Morgan fingerprint density at radius 3 is 1.70 bits per heavy atom. The van der Waals surface area contributed by atoms with E-state index in [1.807, 2.05) is 32.0 Å². The number of aliphatic carboxylic acids is 1. The Labute approximate surface area is 290 Å². The van der Waals surface area contributed by atoms with Gasteiger partial charge in [0.05, 0.1) is 12.4 Å². The van der Waals surface area contributed by atoms with Crippen molar-refractivity contribution in [1.82, 2.24) is 0 Å². The zero-order valence-electron chi connectivity index (χ0n) is 27.0. The first-order chi connectivity index (χ1) is 22.9. The normalized spacial score (nSPS) is 10.8. The maximum Gasteiger partial charge on any atom is 0.341 e. The van der Waals surface area contributed by atoms with Crippen molar-refractivity contribution in [3.8, 4) is 28.0 Å². The molecule has 7 heteroatoms. The minimum Gasteiger partial charge on any atom is -0.497 e. The summed E-state index contributed by atoms with van der Waals surface area (Å²) in [7, 11) is 0. The van der Waals surface area contributed by atoms with Gasteiger partial charge >= 0.3 is 5.97 Å². The van der Waals surface area contributed by atoms with E-state index in [1.54, 1.807) is 35.3 Å². The van der Waals surface area contributed by atoms with Crippen molar-refractivity contribution in [2.45, 2.75) is 28.5 Å². The Hall–Kier alpha value is -4.04. The monoisotopic (exact) mass is 678 g/mol. The molecule has 0 heterocycles. The molecule has 0 atom stereocenters. The summed E-state index contributed by atoms with van der Waals surface area (Å²) >= 11 is 5.17. The van der Waals surface area contributed by atoms with E-state index in [0.29, 0.717) is 18.1 Å². The van der Waals surface area contributed by atoms with E-state index in [-0.39, 0.29) is 6.61 Å². The van der Waals surface area contributed by atoms with Crippen LogP contribution in [0, 0.1) is 6.92 Å². The molecule has 0 aliphatic rings. The van der Waals surface area contributed by atoms with Gasteiger partial charge in [-0.3, -0.25) is 0 Å². The summed E-state index contributed by atoms with van der Waals surface area (Å²) in [5.74, 6) is 1.09. The van der Waals surface area contributed by atoms with Gasteiger partial charge in [-0.2, -0.15) is 0 Å². The smallest absolute Gasteiger partial charge is 0.341 e. The first-order valence-electron chi connectivity index (χ1n) is 15.3. The van der Waals surface area contributed by atoms with Crippen LogP contribution in [0.5, 0.6) is 5.75 Å². The van der Waals surface area contributed by atoms with Crippen molar-refractivity contribution in [3.05, 3.63) is 138 Å². The summed E-state index contributed by atoms with van der Waals surface area (Å²) in [6.07, 6.45) is 4.19. The zero-order chi connectivity index (χ0) is 33.2. The summed E-state index contributed by atoms with van der Waals surface area (Å²) in [5, 5.41) is 9.00. The van der Waals surface area contributed by atoms with Gasteiger partial charge in [0.1, 0.15) is 11.5 Å². The van der Waals surface area contributed by atoms with E-state index < -0.39 is 5.97 Å². The highest BCUT2D eigenvalue weighted by Crippen LogP contribution is 2.35. The van der Waals surface area contributed by atoms with Crippen LogP contribution in [0.3, 0.4) is 0 Å². The summed E-state index contributed by atoms with van der Waals surface area (Å²) < 4.78 is 11.8. The number of benzene rings is 5.